The van der Waals surface area contributed by atoms with Gasteiger partial charge in [-0.05, 0) is 55.4 Å². The summed E-state index contributed by atoms with van der Waals surface area (Å²) in [7, 11) is 4.89. The smallest absolute Gasteiger partial charge is 0.238 e. The van der Waals surface area contributed by atoms with Gasteiger partial charge in [0.2, 0.25) is 11.8 Å². The molecule has 0 heterocycles. The summed E-state index contributed by atoms with van der Waals surface area (Å²) in [5.74, 6) is 0.974. The van der Waals surface area contributed by atoms with Crippen molar-refractivity contribution in [2.24, 2.45) is 0 Å². The van der Waals surface area contributed by atoms with Crippen LogP contribution in [0.4, 0.5) is 5.69 Å². The average Bonchev–Trinajstić information content (AvgIpc) is 2.69. The molecule has 0 aliphatic carbocycles. The topological polar surface area (TPSA) is 79.9 Å². The predicted molar refractivity (Wildman–Crippen MR) is 114 cm³/mol. The number of nitrogens with zero attached hydrogens (tertiary/aromatic N) is 1. The zero-order chi connectivity index (χ0) is 21.2. The lowest BCUT2D eigenvalue weighted by atomic mass is 10.1. The Morgan fingerprint density at radius 3 is 2.28 bits per heavy atom. The Bertz CT molecular complexity index is 827. The molecule has 8 heteroatoms. The molecule has 0 radical (unpaired) electrons. The molecule has 2 N–H and O–H groups in total. The largest absolute Gasteiger partial charge is 0.493 e. The van der Waals surface area contributed by atoms with Crippen LogP contribution in [-0.2, 0) is 16.0 Å². The lowest BCUT2D eigenvalue weighted by molar-refractivity contribution is -0.122. The van der Waals surface area contributed by atoms with Gasteiger partial charge in [0.15, 0.2) is 11.5 Å². The van der Waals surface area contributed by atoms with Crippen LogP contribution < -0.4 is 20.1 Å². The summed E-state index contributed by atoms with van der Waals surface area (Å²) in [5, 5.41) is 6.23. The Balaban J connectivity index is 1.71. The molecule has 29 heavy (non-hydrogen) atoms. The molecule has 2 aromatic carbocycles. The summed E-state index contributed by atoms with van der Waals surface area (Å²) < 4.78 is 10.5. The van der Waals surface area contributed by atoms with Crippen molar-refractivity contribution >= 4 is 29.1 Å². The number of amides is 2. The van der Waals surface area contributed by atoms with Crippen molar-refractivity contribution in [1.29, 1.82) is 0 Å². The second-order valence-electron chi connectivity index (χ2n) is 6.52. The summed E-state index contributed by atoms with van der Waals surface area (Å²) in [6.45, 7) is 0.713. The molecule has 0 saturated carbocycles. The number of halogens is 1. The van der Waals surface area contributed by atoms with Crippen molar-refractivity contribution < 1.29 is 19.1 Å². The molecule has 7 nitrogen and oxygen atoms in total. The molecule has 0 aliphatic rings. The third-order valence-electron chi connectivity index (χ3n) is 4.14. The van der Waals surface area contributed by atoms with Gasteiger partial charge in [0.05, 0.1) is 27.3 Å². The summed E-state index contributed by atoms with van der Waals surface area (Å²) in [6, 6.07) is 12.5. The van der Waals surface area contributed by atoms with E-state index in [1.165, 1.54) is 0 Å². The highest BCUT2D eigenvalue weighted by atomic mass is 35.5. The summed E-state index contributed by atoms with van der Waals surface area (Å²) >= 11 is 5.82. The predicted octanol–water partition coefficient (Wildman–Crippen LogP) is 2.59. The molecule has 0 saturated heterocycles. The maximum atomic E-state index is 12.1. The minimum absolute atomic E-state index is 0.103. The lowest BCUT2D eigenvalue weighted by Crippen LogP contribution is -2.39. The van der Waals surface area contributed by atoms with Gasteiger partial charge in [-0.15, -0.1) is 0 Å². The molecule has 0 aromatic heterocycles. The van der Waals surface area contributed by atoms with Crippen LogP contribution in [0.15, 0.2) is 42.5 Å². The van der Waals surface area contributed by atoms with E-state index in [1.807, 2.05) is 18.2 Å². The number of carbonyl (C=O) groups is 2. The van der Waals surface area contributed by atoms with Gasteiger partial charge >= 0.3 is 0 Å². The Morgan fingerprint density at radius 1 is 0.966 bits per heavy atom. The zero-order valence-corrected chi connectivity index (χ0v) is 17.6. The van der Waals surface area contributed by atoms with Gasteiger partial charge in [-0.25, -0.2) is 0 Å². The number of hydrogen-bond donors (Lipinski definition) is 2. The highest BCUT2D eigenvalue weighted by Crippen LogP contribution is 2.27. The number of methoxy groups -OCH3 is 2. The molecule has 0 aliphatic heterocycles. The summed E-state index contributed by atoms with van der Waals surface area (Å²) in [6.07, 6.45) is 0.660. The second-order valence-corrected chi connectivity index (χ2v) is 6.95. The lowest BCUT2D eigenvalue weighted by Gasteiger charge is -2.16. The van der Waals surface area contributed by atoms with E-state index in [2.05, 4.69) is 10.6 Å². The van der Waals surface area contributed by atoms with Crippen molar-refractivity contribution in [3.05, 3.63) is 53.1 Å². The first-order chi connectivity index (χ1) is 13.9. The molecule has 0 bridgehead atoms. The first-order valence-corrected chi connectivity index (χ1v) is 9.50. The van der Waals surface area contributed by atoms with Crippen LogP contribution in [0.5, 0.6) is 11.5 Å². The number of anilines is 1. The SMILES string of the molecule is COc1ccc(CCNC(=O)CN(C)CC(=O)Nc2ccc(Cl)cc2)cc1OC. The van der Waals surface area contributed by atoms with Crippen LogP contribution in [-0.4, -0.2) is 57.6 Å². The number of nitrogens with one attached hydrogen (secondary N) is 2. The molecular weight excluding hydrogens is 394 g/mol. The minimum Gasteiger partial charge on any atom is -0.493 e. The second kappa shape index (κ2) is 11.3. The monoisotopic (exact) mass is 419 g/mol. The van der Waals surface area contributed by atoms with Gasteiger partial charge in [-0.1, -0.05) is 17.7 Å². The van der Waals surface area contributed by atoms with E-state index >= 15 is 0 Å². The molecule has 156 valence electrons. The van der Waals surface area contributed by atoms with Crippen LogP contribution in [0.1, 0.15) is 5.56 Å². The van der Waals surface area contributed by atoms with E-state index in [-0.39, 0.29) is 24.9 Å². The number of hydrogen-bond acceptors (Lipinski definition) is 5. The van der Waals surface area contributed by atoms with E-state index in [9.17, 15) is 9.59 Å². The van der Waals surface area contributed by atoms with E-state index in [0.29, 0.717) is 35.2 Å². The van der Waals surface area contributed by atoms with Crippen LogP contribution in [0.3, 0.4) is 0 Å². The molecule has 0 unspecified atom stereocenters. The van der Waals surface area contributed by atoms with E-state index in [4.69, 9.17) is 21.1 Å². The molecule has 2 amide bonds. The van der Waals surface area contributed by atoms with Crippen molar-refractivity contribution in [2.45, 2.75) is 6.42 Å². The average molecular weight is 420 g/mol. The molecule has 0 fully saturated rings. The normalized spacial score (nSPS) is 10.5. The summed E-state index contributed by atoms with van der Waals surface area (Å²) in [4.78, 5) is 25.8. The van der Waals surface area contributed by atoms with Gasteiger partial charge in [0.1, 0.15) is 0 Å². The molecular formula is C21H26ClN3O4. The van der Waals surface area contributed by atoms with E-state index in [0.717, 1.165) is 5.56 Å². The van der Waals surface area contributed by atoms with Crippen LogP contribution in [0.25, 0.3) is 0 Å². The van der Waals surface area contributed by atoms with E-state index < -0.39 is 0 Å². The van der Waals surface area contributed by atoms with Gasteiger partial charge in [0, 0.05) is 17.3 Å². The Morgan fingerprint density at radius 2 is 1.62 bits per heavy atom. The third-order valence-corrected chi connectivity index (χ3v) is 4.39. The van der Waals surface area contributed by atoms with Gasteiger partial charge in [-0.3, -0.25) is 14.5 Å². The Kier molecular flexibility index (Phi) is 8.76. The molecule has 0 spiro atoms. The van der Waals surface area contributed by atoms with Crippen molar-refractivity contribution in [2.75, 3.05) is 46.2 Å². The van der Waals surface area contributed by atoms with Gasteiger partial charge in [-0.2, -0.15) is 0 Å². The fraction of sp³-hybridized carbons (Fsp3) is 0.333. The third kappa shape index (κ3) is 7.63. The fourth-order valence-corrected chi connectivity index (χ4v) is 2.84. The number of rotatable bonds is 10. The van der Waals surface area contributed by atoms with E-state index in [1.54, 1.807) is 50.4 Å². The number of likely N-dealkylation sites (N-methyl/N-ethyl adjacent to an activating group) is 1. The Hall–Kier alpha value is -2.77. The fourth-order valence-electron chi connectivity index (χ4n) is 2.72. The number of carbonyl (C=O) groups excluding carboxylic acids is 2. The van der Waals surface area contributed by atoms with Crippen molar-refractivity contribution in [3.8, 4) is 11.5 Å². The number of ether oxygens (including phenoxy) is 2. The van der Waals surface area contributed by atoms with Crippen LogP contribution >= 0.6 is 11.6 Å². The maximum Gasteiger partial charge on any atom is 0.238 e. The highest BCUT2D eigenvalue weighted by Gasteiger charge is 2.11. The van der Waals surface area contributed by atoms with Crippen LogP contribution in [0.2, 0.25) is 5.02 Å². The zero-order valence-electron chi connectivity index (χ0n) is 16.8. The molecule has 2 rings (SSSR count). The number of benzene rings is 2. The van der Waals surface area contributed by atoms with Crippen molar-refractivity contribution in [3.63, 3.8) is 0 Å². The van der Waals surface area contributed by atoms with Crippen LogP contribution in [0, 0.1) is 0 Å². The van der Waals surface area contributed by atoms with Gasteiger partial charge < -0.3 is 20.1 Å². The molecule has 2 aromatic rings. The maximum absolute atomic E-state index is 12.1. The molecule has 0 atom stereocenters. The minimum atomic E-state index is -0.201. The highest BCUT2D eigenvalue weighted by molar-refractivity contribution is 6.30. The quantitative estimate of drug-likeness (QED) is 0.618. The summed E-state index contributed by atoms with van der Waals surface area (Å²) in [5.41, 5.74) is 1.69. The Labute approximate surface area is 175 Å². The first kappa shape index (κ1) is 22.5. The first-order valence-electron chi connectivity index (χ1n) is 9.13. The standard InChI is InChI=1S/C21H26ClN3O4/c1-25(14-21(27)24-17-7-5-16(22)6-8-17)13-20(26)23-11-10-15-4-9-18(28-2)19(12-15)29-3/h4-9,12H,10-11,13-14H2,1-3H3,(H,23,26)(H,24,27). The van der Waals surface area contributed by atoms with Crippen molar-refractivity contribution in [1.82, 2.24) is 10.2 Å². The van der Waals surface area contributed by atoms with Gasteiger partial charge in [0.25, 0.3) is 0 Å².